The second kappa shape index (κ2) is 20.6. The van der Waals surface area contributed by atoms with Crippen molar-refractivity contribution in [2.45, 2.75) is 149 Å². The number of nitrogens with zero attached hydrogens (tertiary/aromatic N) is 2. The van der Waals surface area contributed by atoms with E-state index in [2.05, 4.69) is 31.3 Å². The highest BCUT2D eigenvalue weighted by Gasteiger charge is 2.37. The monoisotopic (exact) mass is 668 g/mol. The normalized spacial score (nSPS) is 15.1. The molecule has 4 amide bonds. The highest BCUT2D eigenvalue weighted by atomic mass is 16.6. The van der Waals surface area contributed by atoms with Gasteiger partial charge in [-0.05, 0) is 127 Å². The molecule has 0 radical (unpaired) electrons. The number of unbranched alkanes of at least 4 members (excludes halogenated alkanes) is 4. The fourth-order valence-corrected chi connectivity index (χ4v) is 4.44. The minimum Gasteiger partial charge on any atom is -0.444 e. The van der Waals surface area contributed by atoms with Gasteiger partial charge in [-0.15, -0.1) is 0 Å². The predicted octanol–water partition coefficient (Wildman–Crippen LogP) is 4.05. The Morgan fingerprint density at radius 2 is 0.894 bits per heavy atom. The molecule has 0 fully saturated rings. The number of amides is 4. The van der Waals surface area contributed by atoms with Crippen LogP contribution >= 0.6 is 0 Å². The zero-order chi connectivity index (χ0) is 36.3. The van der Waals surface area contributed by atoms with Crippen LogP contribution in [0, 0.1) is 0 Å². The van der Waals surface area contributed by atoms with Crippen molar-refractivity contribution in [3.63, 3.8) is 0 Å². The van der Waals surface area contributed by atoms with Crippen LogP contribution in [0.15, 0.2) is 9.98 Å². The molecular weight excluding hydrogens is 604 g/mol. The maximum Gasteiger partial charge on any atom is 0.408 e. The van der Waals surface area contributed by atoms with Gasteiger partial charge >= 0.3 is 12.2 Å². The Labute approximate surface area is 282 Å². The summed E-state index contributed by atoms with van der Waals surface area (Å²) in [6.07, 6.45) is 4.30. The molecule has 2 atom stereocenters. The first-order valence-electron chi connectivity index (χ1n) is 16.7. The number of nitrogens with one attached hydrogen (secondary N) is 4. The van der Waals surface area contributed by atoms with Gasteiger partial charge in [-0.3, -0.25) is 19.6 Å². The van der Waals surface area contributed by atoms with E-state index in [1.54, 1.807) is 69.2 Å². The molecule has 0 aliphatic carbocycles. The summed E-state index contributed by atoms with van der Waals surface area (Å²) in [5.41, 5.74) is 7.46. The average Bonchev–Trinajstić information content (AvgIpc) is 2.89. The molecule has 0 aromatic rings. The van der Waals surface area contributed by atoms with Crippen molar-refractivity contribution in [3.8, 4) is 0 Å². The molecule has 0 aliphatic heterocycles. The van der Waals surface area contributed by atoms with E-state index >= 15 is 0 Å². The second-order valence-corrected chi connectivity index (χ2v) is 14.5. The van der Waals surface area contributed by atoms with Crippen LogP contribution in [0.2, 0.25) is 0 Å². The first-order valence-corrected chi connectivity index (χ1v) is 16.7. The lowest BCUT2D eigenvalue weighted by Crippen LogP contribution is -2.57. The van der Waals surface area contributed by atoms with E-state index in [-0.39, 0.29) is 11.8 Å². The highest BCUT2D eigenvalue weighted by Crippen LogP contribution is 2.18. The van der Waals surface area contributed by atoms with Crippen molar-refractivity contribution >= 4 is 35.7 Å². The molecule has 0 aromatic carbocycles. The number of nitrogens with two attached hydrogens (primary N) is 2. The average molecular weight is 669 g/mol. The molecule has 0 saturated heterocycles. The van der Waals surface area contributed by atoms with E-state index < -0.39 is 34.5 Å². The van der Waals surface area contributed by atoms with Gasteiger partial charge in [0.2, 0.25) is 11.8 Å². The standard InChI is InChI=1S/C33H64N8O6/c1-24(34)36-20-16-12-18-32(9,40-28(44)46-30(3,4)5)26(42)38-22-14-11-15-23-39-27(43)33(10,19-13-17-21-37-25(2)35)41-29(45)47-31(6,7)8/h11-23H2,1-10H3,(H2,34,36)(H2,35,37)(H,38,42)(H,39,43)(H,40,44)(H,41,45). The first-order chi connectivity index (χ1) is 21.6. The Balaban J connectivity index is 4.99. The van der Waals surface area contributed by atoms with Crippen molar-refractivity contribution in [2.24, 2.45) is 21.5 Å². The van der Waals surface area contributed by atoms with Crippen molar-refractivity contribution in [1.29, 1.82) is 0 Å². The number of amidine groups is 2. The van der Waals surface area contributed by atoms with Crippen LogP contribution < -0.4 is 32.7 Å². The third kappa shape index (κ3) is 21.8. The lowest BCUT2D eigenvalue weighted by atomic mass is 9.93. The summed E-state index contributed by atoms with van der Waals surface area (Å²) in [4.78, 5) is 59.9. The van der Waals surface area contributed by atoms with Crippen molar-refractivity contribution in [1.82, 2.24) is 21.3 Å². The topological polar surface area (TPSA) is 212 Å². The Morgan fingerprint density at radius 1 is 0.553 bits per heavy atom. The first kappa shape index (κ1) is 43.4. The minimum atomic E-state index is -1.17. The summed E-state index contributed by atoms with van der Waals surface area (Å²) < 4.78 is 10.8. The van der Waals surface area contributed by atoms with E-state index in [9.17, 15) is 19.2 Å². The smallest absolute Gasteiger partial charge is 0.408 e. The van der Waals surface area contributed by atoms with Gasteiger partial charge in [0.1, 0.15) is 22.3 Å². The molecule has 0 spiro atoms. The molecule has 272 valence electrons. The summed E-state index contributed by atoms with van der Waals surface area (Å²) in [6, 6.07) is 0. The molecule has 47 heavy (non-hydrogen) atoms. The van der Waals surface area contributed by atoms with Crippen LogP contribution in [-0.2, 0) is 19.1 Å². The number of carbonyl (C=O) groups is 4. The van der Waals surface area contributed by atoms with E-state index in [0.717, 1.165) is 6.42 Å². The summed E-state index contributed by atoms with van der Waals surface area (Å²) in [7, 11) is 0. The number of hydrogen-bond donors (Lipinski definition) is 6. The quantitative estimate of drug-likeness (QED) is 0.0631. The van der Waals surface area contributed by atoms with Gasteiger partial charge < -0.3 is 42.2 Å². The fraction of sp³-hybridized carbons (Fsp3) is 0.818. The van der Waals surface area contributed by atoms with Crippen LogP contribution in [0.3, 0.4) is 0 Å². The van der Waals surface area contributed by atoms with E-state index in [4.69, 9.17) is 20.9 Å². The van der Waals surface area contributed by atoms with Crippen LogP contribution in [0.1, 0.15) is 127 Å². The summed E-state index contributed by atoms with van der Waals surface area (Å²) in [5, 5.41) is 11.4. The molecule has 0 heterocycles. The van der Waals surface area contributed by atoms with Gasteiger partial charge in [0, 0.05) is 26.2 Å². The maximum atomic E-state index is 13.2. The number of ether oxygens (including phenoxy) is 2. The molecule has 14 nitrogen and oxygen atoms in total. The van der Waals surface area contributed by atoms with Gasteiger partial charge in [-0.2, -0.15) is 0 Å². The van der Waals surface area contributed by atoms with Crippen molar-refractivity contribution in [3.05, 3.63) is 0 Å². The number of alkyl carbamates (subject to hydrolysis) is 2. The SMILES string of the molecule is CC(N)=NCCCCC(C)(NC(=O)OC(C)(C)C)C(=O)NCCCCCNC(=O)C(C)(CCCCN=C(C)N)NC(=O)OC(C)(C)C. The van der Waals surface area contributed by atoms with Gasteiger partial charge in [-0.1, -0.05) is 0 Å². The molecule has 2 unspecified atom stereocenters. The Morgan fingerprint density at radius 3 is 1.19 bits per heavy atom. The molecule has 0 aliphatic rings. The molecule has 8 N–H and O–H groups in total. The Hall–Kier alpha value is -3.58. The highest BCUT2D eigenvalue weighted by molar-refractivity contribution is 5.90. The molecule has 0 aromatic heterocycles. The molecular formula is C33H64N8O6. The fourth-order valence-electron chi connectivity index (χ4n) is 4.44. The van der Waals surface area contributed by atoms with E-state index in [1.165, 1.54) is 0 Å². The number of hydrogen-bond acceptors (Lipinski definition) is 8. The van der Waals surface area contributed by atoms with Gasteiger partial charge in [-0.25, -0.2) is 9.59 Å². The minimum absolute atomic E-state index is 0.300. The van der Waals surface area contributed by atoms with Crippen LogP contribution in [0.4, 0.5) is 9.59 Å². The van der Waals surface area contributed by atoms with Crippen molar-refractivity contribution < 1.29 is 28.7 Å². The summed E-state index contributed by atoms with van der Waals surface area (Å²) >= 11 is 0. The van der Waals surface area contributed by atoms with E-state index in [1.807, 2.05) is 0 Å². The predicted molar refractivity (Wildman–Crippen MR) is 187 cm³/mol. The Bertz CT molecular complexity index is 976. The number of carbonyl (C=O) groups excluding carboxylic acids is 4. The van der Waals surface area contributed by atoms with Crippen LogP contribution in [-0.4, -0.2) is 84.1 Å². The van der Waals surface area contributed by atoms with Crippen LogP contribution in [0.25, 0.3) is 0 Å². The number of rotatable bonds is 20. The summed E-state index contributed by atoms with van der Waals surface area (Å²) in [6.45, 7) is 19.3. The Kier molecular flexibility index (Phi) is 19.0. The van der Waals surface area contributed by atoms with Gasteiger partial charge in [0.15, 0.2) is 0 Å². The van der Waals surface area contributed by atoms with Gasteiger partial charge in [0.25, 0.3) is 0 Å². The largest absolute Gasteiger partial charge is 0.444 e. The summed E-state index contributed by atoms with van der Waals surface area (Å²) in [5.74, 6) is 0.407. The van der Waals surface area contributed by atoms with Crippen LogP contribution in [0.5, 0.6) is 0 Å². The molecule has 14 heteroatoms. The molecule has 0 saturated carbocycles. The maximum absolute atomic E-state index is 13.2. The lowest BCUT2D eigenvalue weighted by Gasteiger charge is -2.31. The van der Waals surface area contributed by atoms with E-state index in [0.29, 0.717) is 89.2 Å². The lowest BCUT2D eigenvalue weighted by molar-refractivity contribution is -0.127. The molecule has 0 rings (SSSR count). The van der Waals surface area contributed by atoms with Crippen molar-refractivity contribution in [2.75, 3.05) is 26.2 Å². The third-order valence-corrected chi connectivity index (χ3v) is 6.87. The second-order valence-electron chi connectivity index (χ2n) is 14.5. The zero-order valence-electron chi connectivity index (χ0n) is 30.7. The van der Waals surface area contributed by atoms with Gasteiger partial charge in [0.05, 0.1) is 11.7 Å². The molecule has 0 bridgehead atoms. The third-order valence-electron chi connectivity index (χ3n) is 6.87. The number of aliphatic imine (C=N–C) groups is 2. The zero-order valence-corrected chi connectivity index (χ0v) is 30.7.